The number of benzene rings is 2. The maximum Gasteiger partial charge on any atom is 0.422 e. The molecular formula is C23H22F3NO4. The van der Waals surface area contributed by atoms with Crippen LogP contribution in [-0.4, -0.2) is 35.9 Å². The maximum atomic E-state index is 12.7. The highest BCUT2D eigenvalue weighted by Crippen LogP contribution is 2.37. The van der Waals surface area contributed by atoms with Crippen LogP contribution < -0.4 is 10.1 Å². The molecule has 31 heavy (non-hydrogen) atoms. The molecule has 3 aromatic rings. The van der Waals surface area contributed by atoms with Crippen molar-refractivity contribution in [2.75, 3.05) is 6.61 Å². The fraction of sp³-hybridized carbons (Fsp3) is 0.348. The lowest BCUT2D eigenvalue weighted by Crippen LogP contribution is -2.38. The van der Waals surface area contributed by atoms with E-state index in [0.29, 0.717) is 47.8 Å². The van der Waals surface area contributed by atoms with Crippen LogP contribution in [0.2, 0.25) is 0 Å². The lowest BCUT2D eigenvalue weighted by molar-refractivity contribution is -0.153. The van der Waals surface area contributed by atoms with Gasteiger partial charge in [0, 0.05) is 22.6 Å². The van der Waals surface area contributed by atoms with Crippen molar-refractivity contribution in [2.24, 2.45) is 0 Å². The van der Waals surface area contributed by atoms with Gasteiger partial charge in [0.15, 0.2) is 12.4 Å². The number of nitrogens with one attached hydrogen (secondary N) is 1. The fourth-order valence-electron chi connectivity index (χ4n) is 3.84. The zero-order chi connectivity index (χ0) is 22.0. The van der Waals surface area contributed by atoms with E-state index in [0.717, 1.165) is 0 Å². The van der Waals surface area contributed by atoms with E-state index in [2.05, 4.69) is 5.32 Å². The predicted molar refractivity (Wildman–Crippen MR) is 109 cm³/mol. The summed E-state index contributed by atoms with van der Waals surface area (Å²) in [5.41, 5.74) is 1.38. The molecular weight excluding hydrogens is 411 g/mol. The number of amides is 1. The van der Waals surface area contributed by atoms with Gasteiger partial charge in [-0.05, 0) is 37.8 Å². The van der Waals surface area contributed by atoms with Crippen molar-refractivity contribution in [3.63, 3.8) is 0 Å². The number of halogens is 3. The number of fused-ring (bicyclic) bond motifs is 1. The van der Waals surface area contributed by atoms with Crippen molar-refractivity contribution in [3.8, 4) is 16.9 Å². The average Bonchev–Trinajstić information content (AvgIpc) is 3.18. The normalized spacial score (nSPS) is 19.4. The first kappa shape index (κ1) is 21.2. The van der Waals surface area contributed by atoms with Crippen LogP contribution in [0.4, 0.5) is 13.2 Å². The van der Waals surface area contributed by atoms with E-state index in [1.165, 1.54) is 6.07 Å². The number of hydrogen-bond donors (Lipinski definition) is 2. The molecule has 164 valence electrons. The van der Waals surface area contributed by atoms with Crippen molar-refractivity contribution >= 4 is 16.9 Å². The third-order valence-corrected chi connectivity index (χ3v) is 5.37. The fourth-order valence-corrected chi connectivity index (χ4v) is 3.84. The average molecular weight is 433 g/mol. The van der Waals surface area contributed by atoms with Gasteiger partial charge in [-0.25, -0.2) is 0 Å². The highest BCUT2D eigenvalue weighted by atomic mass is 19.4. The van der Waals surface area contributed by atoms with Crippen molar-refractivity contribution in [1.29, 1.82) is 0 Å². The lowest BCUT2D eigenvalue weighted by Gasteiger charge is -2.25. The highest BCUT2D eigenvalue weighted by Gasteiger charge is 2.29. The van der Waals surface area contributed by atoms with Crippen LogP contribution in [0.3, 0.4) is 0 Å². The number of carbonyl (C=O) groups excluding carboxylic acids is 1. The Hall–Kier alpha value is -3.00. The van der Waals surface area contributed by atoms with Crippen molar-refractivity contribution in [2.45, 2.75) is 44.0 Å². The molecule has 0 atom stereocenters. The molecule has 2 aromatic carbocycles. The second kappa shape index (κ2) is 8.63. The van der Waals surface area contributed by atoms with E-state index in [-0.39, 0.29) is 29.6 Å². The molecule has 1 amide bonds. The summed E-state index contributed by atoms with van der Waals surface area (Å²) in [6.07, 6.45) is -2.09. The molecule has 0 radical (unpaired) electrons. The summed E-state index contributed by atoms with van der Waals surface area (Å²) in [6.45, 7) is -1.40. The number of ether oxygens (including phenoxy) is 1. The quantitative estimate of drug-likeness (QED) is 0.589. The van der Waals surface area contributed by atoms with E-state index >= 15 is 0 Å². The standard InChI is InChI=1S/C23H22F3NO4/c24-23(25,26)13-30-19-7-2-1-5-17(19)18-6-3-4-14-12-20(31-21(14)18)22(29)27-15-8-10-16(28)11-9-15/h1-7,12,15-16,28H,8-11,13H2,(H,27,29). The van der Waals surface area contributed by atoms with Crippen LogP contribution in [-0.2, 0) is 0 Å². The highest BCUT2D eigenvalue weighted by molar-refractivity contribution is 6.00. The number of rotatable bonds is 5. The second-order valence-corrected chi connectivity index (χ2v) is 7.71. The van der Waals surface area contributed by atoms with Crippen LogP contribution in [0, 0.1) is 0 Å². The summed E-state index contributed by atoms with van der Waals surface area (Å²) < 4.78 is 48.7. The molecule has 1 heterocycles. The topological polar surface area (TPSA) is 71.7 Å². The number of alkyl halides is 3. The number of carbonyl (C=O) groups is 1. The molecule has 4 rings (SSSR count). The van der Waals surface area contributed by atoms with Crippen LogP contribution >= 0.6 is 0 Å². The summed E-state index contributed by atoms with van der Waals surface area (Å²) in [7, 11) is 0. The van der Waals surface area contributed by atoms with Crippen LogP contribution in [0.1, 0.15) is 36.2 Å². The Bertz CT molecular complexity index is 1070. The minimum absolute atomic E-state index is 0.0277. The zero-order valence-corrected chi connectivity index (χ0v) is 16.6. The Morgan fingerprint density at radius 3 is 2.52 bits per heavy atom. The smallest absolute Gasteiger partial charge is 0.422 e. The first-order valence-electron chi connectivity index (χ1n) is 10.1. The first-order chi connectivity index (χ1) is 14.8. The lowest BCUT2D eigenvalue weighted by atomic mass is 9.93. The molecule has 1 fully saturated rings. The molecule has 0 spiro atoms. The van der Waals surface area contributed by atoms with Crippen molar-refractivity contribution in [1.82, 2.24) is 5.32 Å². The zero-order valence-electron chi connectivity index (χ0n) is 16.6. The Balaban J connectivity index is 1.61. The second-order valence-electron chi connectivity index (χ2n) is 7.71. The van der Waals surface area contributed by atoms with Gasteiger partial charge in [0.25, 0.3) is 5.91 Å². The number of aliphatic hydroxyl groups excluding tert-OH is 1. The van der Waals surface area contributed by atoms with Crippen LogP contribution in [0.15, 0.2) is 52.9 Å². The molecule has 1 aromatic heterocycles. The maximum absolute atomic E-state index is 12.7. The van der Waals surface area contributed by atoms with Gasteiger partial charge in [-0.15, -0.1) is 0 Å². The van der Waals surface area contributed by atoms with Gasteiger partial charge in [-0.2, -0.15) is 13.2 Å². The van der Waals surface area contributed by atoms with Gasteiger partial charge >= 0.3 is 6.18 Å². The molecule has 8 heteroatoms. The van der Waals surface area contributed by atoms with Crippen molar-refractivity contribution < 1.29 is 32.2 Å². The molecule has 1 aliphatic rings. The number of furan rings is 1. The number of aliphatic hydroxyl groups is 1. The Kier molecular flexibility index (Phi) is 5.91. The minimum atomic E-state index is -4.45. The summed E-state index contributed by atoms with van der Waals surface area (Å²) in [4.78, 5) is 12.7. The van der Waals surface area contributed by atoms with Gasteiger partial charge in [0.2, 0.25) is 0 Å². The molecule has 0 saturated heterocycles. The van der Waals surface area contributed by atoms with E-state index < -0.39 is 12.8 Å². The van der Waals surface area contributed by atoms with E-state index in [4.69, 9.17) is 9.15 Å². The van der Waals surface area contributed by atoms with E-state index in [1.807, 2.05) is 0 Å². The number of para-hydroxylation sites is 2. The van der Waals surface area contributed by atoms with E-state index in [9.17, 15) is 23.1 Å². The third kappa shape index (κ3) is 5.02. The molecule has 0 bridgehead atoms. The summed E-state index contributed by atoms with van der Waals surface area (Å²) >= 11 is 0. The SMILES string of the molecule is O=C(NC1CCC(O)CC1)c1cc2cccc(-c3ccccc3OCC(F)(F)F)c2o1. The summed E-state index contributed by atoms with van der Waals surface area (Å²) in [6, 6.07) is 13.2. The van der Waals surface area contributed by atoms with Gasteiger partial charge in [0.1, 0.15) is 11.3 Å². The summed E-state index contributed by atoms with van der Waals surface area (Å²) in [5.74, 6) is -0.150. The van der Waals surface area contributed by atoms with Gasteiger partial charge in [-0.3, -0.25) is 4.79 Å². The molecule has 5 nitrogen and oxygen atoms in total. The van der Waals surface area contributed by atoms with Crippen LogP contribution in [0.25, 0.3) is 22.1 Å². The largest absolute Gasteiger partial charge is 0.483 e. The van der Waals surface area contributed by atoms with Crippen LogP contribution in [0.5, 0.6) is 5.75 Å². The molecule has 2 N–H and O–H groups in total. The van der Waals surface area contributed by atoms with Gasteiger partial charge < -0.3 is 19.6 Å². The predicted octanol–water partition coefficient (Wildman–Crippen LogP) is 5.07. The number of hydrogen-bond acceptors (Lipinski definition) is 4. The monoisotopic (exact) mass is 433 g/mol. The first-order valence-corrected chi connectivity index (χ1v) is 10.1. The minimum Gasteiger partial charge on any atom is -0.483 e. The van der Waals surface area contributed by atoms with E-state index in [1.54, 1.807) is 42.5 Å². The van der Waals surface area contributed by atoms with Crippen molar-refractivity contribution in [3.05, 3.63) is 54.3 Å². The van der Waals surface area contributed by atoms with Gasteiger partial charge in [0.05, 0.1) is 6.10 Å². The molecule has 1 aliphatic carbocycles. The Labute approximate surface area is 176 Å². The molecule has 1 saturated carbocycles. The Morgan fingerprint density at radius 2 is 1.77 bits per heavy atom. The Morgan fingerprint density at radius 1 is 1.06 bits per heavy atom. The molecule has 0 unspecified atom stereocenters. The third-order valence-electron chi connectivity index (χ3n) is 5.37. The summed E-state index contributed by atoms with van der Waals surface area (Å²) in [5, 5.41) is 13.2. The van der Waals surface area contributed by atoms with Gasteiger partial charge in [-0.1, -0.05) is 36.4 Å². The molecule has 0 aliphatic heterocycles.